The van der Waals surface area contributed by atoms with Crippen molar-refractivity contribution < 1.29 is 39.1 Å². The minimum absolute atomic E-state index is 0.0724. The Bertz CT molecular complexity index is 796. The molecular weight excluding hydrogens is 465 g/mol. The summed E-state index contributed by atoms with van der Waals surface area (Å²) in [7, 11) is 8.36. The van der Waals surface area contributed by atoms with E-state index in [1.54, 1.807) is 14.0 Å². The summed E-state index contributed by atoms with van der Waals surface area (Å²) in [5.41, 5.74) is -2.42. The third-order valence-electron chi connectivity index (χ3n) is 8.33. The molecule has 4 N–H and O–H groups in total. The molecule has 0 spiro atoms. The molecule has 3 aliphatic heterocycles. The molecule has 3 rings (SSSR count). The van der Waals surface area contributed by atoms with E-state index in [0.29, 0.717) is 19.3 Å². The van der Waals surface area contributed by atoms with E-state index < -0.39 is 54.0 Å². The summed E-state index contributed by atoms with van der Waals surface area (Å²) in [6, 6.07) is -0.173. The molecule has 0 aromatic rings. The molecule has 1 radical (unpaired) electrons. The fourth-order valence-corrected chi connectivity index (χ4v) is 6.21. The van der Waals surface area contributed by atoms with Gasteiger partial charge in [-0.25, -0.2) is 0 Å². The number of carbonyl (C=O) groups is 1. The van der Waals surface area contributed by atoms with Crippen molar-refractivity contribution in [2.24, 2.45) is 11.8 Å². The van der Waals surface area contributed by atoms with E-state index in [9.17, 15) is 20.1 Å². The van der Waals surface area contributed by atoms with Crippen LogP contribution in [0.1, 0.15) is 73.6 Å². The van der Waals surface area contributed by atoms with Gasteiger partial charge in [-0.3, -0.25) is 0 Å². The molecule has 0 aromatic carbocycles. The molecule has 205 valence electrons. The molecule has 0 saturated carbocycles. The van der Waals surface area contributed by atoms with E-state index in [2.05, 4.69) is 5.32 Å². The summed E-state index contributed by atoms with van der Waals surface area (Å²) in [4.78, 5) is 12.9. The maximum absolute atomic E-state index is 12.9. The van der Waals surface area contributed by atoms with Crippen LogP contribution in [0.4, 0.5) is 0 Å². The molecule has 36 heavy (non-hydrogen) atoms. The van der Waals surface area contributed by atoms with E-state index in [1.165, 1.54) is 6.92 Å². The second kappa shape index (κ2) is 11.5. The summed E-state index contributed by atoms with van der Waals surface area (Å²) < 4.78 is 24.8. The third-order valence-corrected chi connectivity index (χ3v) is 8.33. The first-order valence-electron chi connectivity index (χ1n) is 13.3. The van der Waals surface area contributed by atoms with Crippen LogP contribution in [-0.4, -0.2) is 101 Å². The molecular formula is C26H45BNO8. The van der Waals surface area contributed by atoms with Gasteiger partial charge in [0, 0.05) is 0 Å². The predicted octanol–water partition coefficient (Wildman–Crippen LogP) is 0.844. The van der Waals surface area contributed by atoms with Crippen LogP contribution in [0.2, 0.25) is 0 Å². The third kappa shape index (κ3) is 5.90. The number of hydrogen-bond donors (Lipinski definition) is 4. The van der Waals surface area contributed by atoms with Gasteiger partial charge in [-0.2, -0.15) is 0 Å². The Balaban J connectivity index is 1.94. The van der Waals surface area contributed by atoms with Crippen molar-refractivity contribution >= 4 is 18.9 Å². The van der Waals surface area contributed by atoms with Crippen LogP contribution < -0.4 is 5.32 Å². The van der Waals surface area contributed by atoms with E-state index in [-0.39, 0.29) is 42.3 Å². The Morgan fingerprint density at radius 2 is 1.97 bits per heavy atom. The Morgan fingerprint density at radius 3 is 2.58 bits per heavy atom. The van der Waals surface area contributed by atoms with Crippen molar-refractivity contribution in [3.05, 3.63) is 0 Å². The van der Waals surface area contributed by atoms with E-state index >= 15 is 0 Å². The summed E-state index contributed by atoms with van der Waals surface area (Å²) in [5, 5.41) is 35.8. The number of rotatable bonds is 6. The number of nitrogens with one attached hydrogen (secondary N) is 1. The number of aliphatic hydroxyl groups excluding tert-OH is 2. The van der Waals surface area contributed by atoms with Gasteiger partial charge in [-0.1, -0.05) is 0 Å². The number of esters is 1. The quantitative estimate of drug-likeness (QED) is 0.304. The van der Waals surface area contributed by atoms with Gasteiger partial charge in [0.2, 0.25) is 0 Å². The molecule has 12 atom stereocenters. The molecule has 0 aliphatic carbocycles. The van der Waals surface area contributed by atoms with Gasteiger partial charge in [0.15, 0.2) is 0 Å². The fourth-order valence-electron chi connectivity index (χ4n) is 6.21. The fraction of sp³-hybridized carbons (Fsp3) is 0.923. The van der Waals surface area contributed by atoms with Crippen molar-refractivity contribution in [3.63, 3.8) is 0 Å². The summed E-state index contributed by atoms with van der Waals surface area (Å²) >= 11 is 0. The van der Waals surface area contributed by atoms with Gasteiger partial charge in [0.25, 0.3) is 0 Å². The van der Waals surface area contributed by atoms with Crippen molar-refractivity contribution in [1.82, 2.24) is 5.32 Å². The van der Waals surface area contributed by atoms with Crippen molar-refractivity contribution in [3.8, 4) is 0 Å². The number of ether oxygens (including phenoxy) is 4. The molecule has 0 aromatic heterocycles. The van der Waals surface area contributed by atoms with E-state index in [4.69, 9.17) is 26.4 Å². The zero-order valence-electron chi connectivity index (χ0n) is 22.8. The second-order valence-electron chi connectivity index (χ2n) is 11.6. The Labute approximate surface area is 216 Å². The van der Waals surface area contributed by atoms with E-state index in [1.807, 2.05) is 27.7 Å². The molecule has 0 amide bonds. The topological polar surface area (TPSA) is 127 Å². The van der Waals surface area contributed by atoms with Gasteiger partial charge in [-0.05, 0) is 0 Å². The Hall–Kier alpha value is -0.875. The molecule has 2 bridgehead atoms. The zero-order chi connectivity index (χ0) is 27.0. The van der Waals surface area contributed by atoms with Crippen LogP contribution in [0.15, 0.2) is 0 Å². The molecule has 3 aliphatic rings. The van der Waals surface area contributed by atoms with Gasteiger partial charge in [-0.15, -0.1) is 0 Å². The first-order chi connectivity index (χ1) is 16.7. The number of hydrogen-bond acceptors (Lipinski definition) is 9. The van der Waals surface area contributed by atoms with Crippen LogP contribution in [0.3, 0.4) is 0 Å². The van der Waals surface area contributed by atoms with Crippen LogP contribution in [0.5, 0.6) is 0 Å². The second-order valence-corrected chi connectivity index (χ2v) is 11.6. The zero-order valence-corrected chi connectivity index (χ0v) is 22.8. The molecule has 9 nitrogen and oxygen atoms in total. The van der Waals surface area contributed by atoms with Crippen LogP contribution in [0.25, 0.3) is 0 Å². The first-order valence-corrected chi connectivity index (χ1v) is 13.3. The summed E-state index contributed by atoms with van der Waals surface area (Å²) in [6.45, 7) is 11.0. The summed E-state index contributed by atoms with van der Waals surface area (Å²) in [5.74, 6) is -0.746. The standard InChI is InChI=1S/C26H45BNO8/c1-8-17(29)26(6,32)23-19(27)21-14(3)12-25(5,36-21)22(13(2)9-10-18(30)34-23)35-24-20(31)16(28-7)11-15(4)33-24/h13-17,20-24,28-29,31-32H,8-12H2,1-7H3/t13-,14?,15?,16?,17?,20?,21?,22-,23+,24-,25+,26?/m0/s1. The van der Waals surface area contributed by atoms with Crippen LogP contribution in [-0.2, 0) is 23.7 Å². The van der Waals surface area contributed by atoms with Crippen LogP contribution >= 0.6 is 0 Å². The number of cyclic esters (lactones) is 1. The number of likely N-dealkylation sites (N-methyl/N-ethyl adjacent to an activating group) is 1. The number of aliphatic hydroxyl groups is 3. The van der Waals surface area contributed by atoms with Gasteiger partial charge >= 0.3 is 216 Å². The van der Waals surface area contributed by atoms with Crippen LogP contribution in [0, 0.1) is 11.8 Å². The minimum atomic E-state index is -1.79. The Morgan fingerprint density at radius 1 is 1.31 bits per heavy atom. The van der Waals surface area contributed by atoms with Crippen molar-refractivity contribution in [1.29, 1.82) is 0 Å². The predicted molar refractivity (Wildman–Crippen MR) is 136 cm³/mol. The average Bonchev–Trinajstić information content (AvgIpc) is 3.13. The maximum atomic E-state index is 12.9. The van der Waals surface area contributed by atoms with Gasteiger partial charge in [0.05, 0.1) is 0 Å². The van der Waals surface area contributed by atoms with Crippen molar-refractivity contribution in [2.75, 3.05) is 7.05 Å². The van der Waals surface area contributed by atoms with E-state index in [0.717, 1.165) is 0 Å². The SMILES string of the molecule is [B]=C1C2O[C@](C)(CC2C)[C@@H](O[C@@H]2OC(C)CC(NC)C2O)[C@@H](C)CCC(=O)O[C@H]1C(C)(O)C(O)CC. The first kappa shape index (κ1) is 29.7. The molecule has 3 heterocycles. The number of fused-ring (bicyclic) bond motifs is 2. The normalized spacial score (nSPS) is 44.9. The Kier molecular flexibility index (Phi) is 9.46. The van der Waals surface area contributed by atoms with Crippen molar-refractivity contribution in [2.45, 2.75) is 134 Å². The summed E-state index contributed by atoms with van der Waals surface area (Å²) in [6.07, 6.45) is -3.34. The molecule has 3 fully saturated rings. The van der Waals surface area contributed by atoms with Gasteiger partial charge < -0.3 is 0 Å². The number of carbonyl (C=O) groups excluding carboxylic acids is 1. The molecule has 10 heteroatoms. The molecule has 3 saturated heterocycles. The monoisotopic (exact) mass is 510 g/mol. The average molecular weight is 510 g/mol. The molecule has 7 unspecified atom stereocenters. The van der Waals surface area contributed by atoms with Gasteiger partial charge in [0.1, 0.15) is 0 Å².